The van der Waals surface area contributed by atoms with Gasteiger partial charge in [0.05, 0.1) is 12.8 Å². The molecule has 0 aliphatic heterocycles. The molecular formula is C10H10N4O2. The molecule has 0 amide bonds. The van der Waals surface area contributed by atoms with Crippen LogP contribution in [0.25, 0.3) is 5.82 Å². The van der Waals surface area contributed by atoms with E-state index in [4.69, 9.17) is 10.5 Å². The average molecular weight is 218 g/mol. The van der Waals surface area contributed by atoms with Gasteiger partial charge in [0, 0.05) is 12.3 Å². The third-order valence-corrected chi connectivity index (χ3v) is 2.06. The normalized spacial score (nSPS) is 10.1. The molecule has 16 heavy (non-hydrogen) atoms. The van der Waals surface area contributed by atoms with Gasteiger partial charge in [0.25, 0.3) is 5.56 Å². The van der Waals surface area contributed by atoms with Gasteiger partial charge < -0.3 is 10.5 Å². The van der Waals surface area contributed by atoms with E-state index in [1.807, 2.05) is 0 Å². The quantitative estimate of drug-likeness (QED) is 0.779. The molecule has 0 spiro atoms. The van der Waals surface area contributed by atoms with Gasteiger partial charge in [0.2, 0.25) is 5.88 Å². The van der Waals surface area contributed by atoms with Gasteiger partial charge in [-0.3, -0.25) is 9.36 Å². The molecule has 2 rings (SSSR count). The minimum absolute atomic E-state index is 0.167. The van der Waals surface area contributed by atoms with Crippen LogP contribution in [0.15, 0.2) is 35.5 Å². The van der Waals surface area contributed by atoms with Gasteiger partial charge in [-0.2, -0.15) is 0 Å². The van der Waals surface area contributed by atoms with Crippen molar-refractivity contribution in [1.82, 2.24) is 14.5 Å². The maximum atomic E-state index is 11.7. The molecule has 0 saturated heterocycles. The summed E-state index contributed by atoms with van der Waals surface area (Å²) in [5.41, 5.74) is 5.37. The lowest BCUT2D eigenvalue weighted by Gasteiger charge is -2.05. The molecule has 0 unspecified atom stereocenters. The lowest BCUT2D eigenvalue weighted by atomic mass is 10.4. The van der Waals surface area contributed by atoms with Crippen molar-refractivity contribution in [2.24, 2.45) is 0 Å². The molecule has 0 aliphatic rings. The molecule has 0 atom stereocenters. The Bertz CT molecular complexity index is 565. The first-order valence-corrected chi connectivity index (χ1v) is 4.56. The number of ether oxygens (including phenoxy) is 1. The van der Waals surface area contributed by atoms with Crippen LogP contribution in [0.5, 0.6) is 5.88 Å². The standard InChI is InChI=1S/C10H10N4O2/c1-16-9-5-8(12-6-13-9)14-4-2-3-7(11)10(14)15/h2-6H,11H2,1H3. The average Bonchev–Trinajstić information content (AvgIpc) is 2.33. The number of nitrogen functional groups attached to an aromatic ring is 1. The third-order valence-electron chi connectivity index (χ3n) is 2.06. The third kappa shape index (κ3) is 1.72. The summed E-state index contributed by atoms with van der Waals surface area (Å²) in [6.45, 7) is 0. The summed E-state index contributed by atoms with van der Waals surface area (Å²) < 4.78 is 6.28. The van der Waals surface area contributed by atoms with Gasteiger partial charge in [-0.25, -0.2) is 9.97 Å². The molecule has 6 nitrogen and oxygen atoms in total. The summed E-state index contributed by atoms with van der Waals surface area (Å²) in [4.78, 5) is 19.5. The first-order chi connectivity index (χ1) is 7.72. The summed E-state index contributed by atoms with van der Waals surface area (Å²) >= 11 is 0. The lowest BCUT2D eigenvalue weighted by Crippen LogP contribution is -2.21. The Morgan fingerprint density at radius 2 is 2.25 bits per heavy atom. The Kier molecular flexibility index (Phi) is 2.55. The first kappa shape index (κ1) is 10.2. The predicted molar refractivity (Wildman–Crippen MR) is 58.6 cm³/mol. The molecule has 0 aliphatic carbocycles. The van der Waals surface area contributed by atoms with Gasteiger partial charge in [-0.1, -0.05) is 0 Å². The van der Waals surface area contributed by atoms with Crippen LogP contribution in [-0.2, 0) is 0 Å². The van der Waals surface area contributed by atoms with E-state index in [2.05, 4.69) is 9.97 Å². The van der Waals surface area contributed by atoms with E-state index in [-0.39, 0.29) is 11.2 Å². The highest BCUT2D eigenvalue weighted by Crippen LogP contribution is 2.08. The fourth-order valence-corrected chi connectivity index (χ4v) is 1.26. The fourth-order valence-electron chi connectivity index (χ4n) is 1.26. The number of aromatic nitrogens is 3. The lowest BCUT2D eigenvalue weighted by molar-refractivity contribution is 0.396. The van der Waals surface area contributed by atoms with E-state index in [0.29, 0.717) is 11.7 Å². The number of rotatable bonds is 2. The zero-order valence-corrected chi connectivity index (χ0v) is 8.62. The number of methoxy groups -OCH3 is 1. The summed E-state index contributed by atoms with van der Waals surface area (Å²) in [6, 6.07) is 4.77. The molecule has 2 aromatic rings. The summed E-state index contributed by atoms with van der Waals surface area (Å²) in [5, 5.41) is 0. The van der Waals surface area contributed by atoms with Crippen molar-refractivity contribution in [2.45, 2.75) is 0 Å². The van der Waals surface area contributed by atoms with Crippen molar-refractivity contribution < 1.29 is 4.74 Å². The Morgan fingerprint density at radius 3 is 3.00 bits per heavy atom. The molecule has 0 fully saturated rings. The number of hydrogen-bond acceptors (Lipinski definition) is 5. The Balaban J connectivity index is 2.59. The molecule has 0 radical (unpaired) electrons. The van der Waals surface area contributed by atoms with Crippen molar-refractivity contribution in [3.05, 3.63) is 41.1 Å². The zero-order chi connectivity index (χ0) is 11.5. The number of nitrogens with two attached hydrogens (primary N) is 1. The van der Waals surface area contributed by atoms with Crippen LogP contribution in [0.3, 0.4) is 0 Å². The number of nitrogens with zero attached hydrogens (tertiary/aromatic N) is 3. The van der Waals surface area contributed by atoms with Crippen LogP contribution in [0, 0.1) is 0 Å². The van der Waals surface area contributed by atoms with Gasteiger partial charge in [0.1, 0.15) is 12.1 Å². The van der Waals surface area contributed by atoms with E-state index in [1.165, 1.54) is 24.1 Å². The van der Waals surface area contributed by atoms with Gasteiger partial charge in [-0.05, 0) is 12.1 Å². The maximum Gasteiger partial charge on any atom is 0.279 e. The van der Waals surface area contributed by atoms with Crippen LogP contribution >= 0.6 is 0 Å². The van der Waals surface area contributed by atoms with E-state index in [1.54, 1.807) is 18.3 Å². The molecule has 0 saturated carbocycles. The Hall–Kier alpha value is -2.37. The minimum atomic E-state index is -0.316. The van der Waals surface area contributed by atoms with Crippen molar-refractivity contribution in [3.63, 3.8) is 0 Å². The number of hydrogen-bond donors (Lipinski definition) is 1. The molecular weight excluding hydrogens is 208 g/mol. The van der Waals surface area contributed by atoms with Crippen LogP contribution in [0.2, 0.25) is 0 Å². The molecule has 2 N–H and O–H groups in total. The van der Waals surface area contributed by atoms with Crippen LogP contribution in [-0.4, -0.2) is 21.6 Å². The van der Waals surface area contributed by atoms with Crippen LogP contribution in [0.4, 0.5) is 5.69 Å². The second-order valence-electron chi connectivity index (χ2n) is 3.06. The van der Waals surface area contributed by atoms with Crippen LogP contribution < -0.4 is 16.0 Å². The van der Waals surface area contributed by atoms with Crippen molar-refractivity contribution in [2.75, 3.05) is 12.8 Å². The molecule has 6 heteroatoms. The highest BCUT2D eigenvalue weighted by atomic mass is 16.5. The first-order valence-electron chi connectivity index (χ1n) is 4.56. The number of pyridine rings is 1. The van der Waals surface area contributed by atoms with Crippen molar-refractivity contribution in [1.29, 1.82) is 0 Å². The second kappa shape index (κ2) is 4.01. The molecule has 0 bridgehead atoms. The topological polar surface area (TPSA) is 83.0 Å². The SMILES string of the molecule is COc1cc(-n2cccc(N)c2=O)ncn1. The summed E-state index contributed by atoms with van der Waals surface area (Å²) in [5.74, 6) is 0.809. The maximum absolute atomic E-state index is 11.7. The van der Waals surface area contributed by atoms with Gasteiger partial charge in [-0.15, -0.1) is 0 Å². The van der Waals surface area contributed by atoms with E-state index < -0.39 is 0 Å². The zero-order valence-electron chi connectivity index (χ0n) is 8.62. The second-order valence-corrected chi connectivity index (χ2v) is 3.06. The molecule has 82 valence electrons. The number of anilines is 1. The van der Waals surface area contributed by atoms with Crippen molar-refractivity contribution >= 4 is 5.69 Å². The van der Waals surface area contributed by atoms with E-state index in [0.717, 1.165) is 0 Å². The fraction of sp³-hybridized carbons (Fsp3) is 0.100. The Labute approximate surface area is 91.3 Å². The molecule has 2 heterocycles. The molecule has 0 aromatic carbocycles. The molecule has 2 aromatic heterocycles. The predicted octanol–water partition coefficient (Wildman–Crippen LogP) is 0.218. The van der Waals surface area contributed by atoms with Gasteiger partial charge in [0.15, 0.2) is 0 Å². The van der Waals surface area contributed by atoms with E-state index in [9.17, 15) is 4.79 Å². The van der Waals surface area contributed by atoms with E-state index >= 15 is 0 Å². The highest BCUT2D eigenvalue weighted by Gasteiger charge is 2.04. The van der Waals surface area contributed by atoms with Crippen molar-refractivity contribution in [3.8, 4) is 11.7 Å². The largest absolute Gasteiger partial charge is 0.481 e. The minimum Gasteiger partial charge on any atom is -0.481 e. The van der Waals surface area contributed by atoms with Gasteiger partial charge >= 0.3 is 0 Å². The highest BCUT2D eigenvalue weighted by molar-refractivity contribution is 5.38. The smallest absolute Gasteiger partial charge is 0.279 e. The summed E-state index contributed by atoms with van der Waals surface area (Å²) in [6.07, 6.45) is 2.91. The Morgan fingerprint density at radius 1 is 1.44 bits per heavy atom. The van der Waals surface area contributed by atoms with Crippen LogP contribution in [0.1, 0.15) is 0 Å². The monoisotopic (exact) mass is 218 g/mol. The summed E-state index contributed by atoms with van der Waals surface area (Å²) in [7, 11) is 1.49.